The second-order valence-corrected chi connectivity index (χ2v) is 8.78. The smallest absolute Gasteiger partial charge is 0.410 e. The number of ether oxygens (including phenoxy) is 2. The Bertz CT molecular complexity index is 1040. The normalized spacial score (nSPS) is 23.0. The monoisotopic (exact) mass is 486 g/mol. The highest BCUT2D eigenvalue weighted by atomic mass is 35.5. The van der Waals surface area contributed by atoms with Gasteiger partial charge in [0.1, 0.15) is 10.8 Å². The van der Waals surface area contributed by atoms with E-state index in [1.54, 1.807) is 23.1 Å². The van der Waals surface area contributed by atoms with Crippen LogP contribution in [0.15, 0.2) is 18.2 Å². The van der Waals surface area contributed by atoms with Crippen molar-refractivity contribution >= 4 is 23.3 Å². The molecule has 4 rings (SSSR count). The molecule has 1 aromatic carbocycles. The summed E-state index contributed by atoms with van der Waals surface area (Å²) in [6.07, 6.45) is -2.23. The number of methoxy groups -OCH3 is 2. The molecule has 180 valence electrons. The molecule has 0 bridgehead atoms. The van der Waals surface area contributed by atoms with Crippen LogP contribution in [0.1, 0.15) is 60.7 Å². The fraction of sp³-hybridized carbons (Fsp3) is 0.545. The van der Waals surface area contributed by atoms with Crippen LogP contribution in [0.25, 0.3) is 0 Å². The number of benzene rings is 1. The number of halogens is 4. The fourth-order valence-electron chi connectivity index (χ4n) is 4.55. The van der Waals surface area contributed by atoms with Crippen LogP contribution in [-0.2, 0) is 0 Å². The third kappa shape index (κ3) is 4.32. The molecule has 0 spiro atoms. The van der Waals surface area contributed by atoms with E-state index >= 15 is 0 Å². The van der Waals surface area contributed by atoms with E-state index in [9.17, 15) is 18.0 Å². The molecule has 0 aliphatic carbocycles. The van der Waals surface area contributed by atoms with E-state index in [-0.39, 0.29) is 29.0 Å². The molecule has 0 radical (unpaired) electrons. The summed E-state index contributed by atoms with van der Waals surface area (Å²) >= 11 is 6.47. The molecule has 33 heavy (non-hydrogen) atoms. The first-order chi connectivity index (χ1) is 15.7. The van der Waals surface area contributed by atoms with E-state index in [1.165, 1.54) is 14.2 Å². The van der Waals surface area contributed by atoms with E-state index in [1.807, 2.05) is 6.92 Å². The molecule has 1 N–H and O–H groups in total. The Hall–Kier alpha value is -2.62. The Morgan fingerprint density at radius 2 is 1.94 bits per heavy atom. The summed E-state index contributed by atoms with van der Waals surface area (Å²) in [5, 5.41) is 7.03. The molecule has 3 heterocycles. The first-order valence-electron chi connectivity index (χ1n) is 10.8. The van der Waals surface area contributed by atoms with Crippen molar-refractivity contribution in [3.63, 3.8) is 0 Å². The van der Waals surface area contributed by atoms with Gasteiger partial charge in [-0.3, -0.25) is 4.79 Å². The molecule has 0 saturated carbocycles. The maximum absolute atomic E-state index is 14.1. The number of nitrogens with zero attached hydrogens (tertiary/aromatic N) is 3. The Morgan fingerprint density at radius 3 is 2.58 bits per heavy atom. The van der Waals surface area contributed by atoms with Gasteiger partial charge in [0.15, 0.2) is 23.2 Å². The molecular weight excluding hydrogens is 461 g/mol. The molecule has 2 aliphatic heterocycles. The lowest BCUT2D eigenvalue weighted by Crippen LogP contribution is -2.42. The zero-order valence-corrected chi connectivity index (χ0v) is 19.3. The number of rotatable bonds is 4. The SMILES string of the molecule is COc1ccc([C@@H]2C[C@H](C(F)(F)F)n3nc(C(=O)N4CCCC[C@@H]4C)c(Cl)c3N2)cc1OC. The number of anilines is 1. The molecular formula is C22H26ClF3N4O3. The van der Waals surface area contributed by atoms with Crippen LogP contribution in [-0.4, -0.2) is 53.6 Å². The number of aromatic nitrogens is 2. The van der Waals surface area contributed by atoms with E-state index in [0.717, 1.165) is 23.9 Å². The number of hydrogen-bond acceptors (Lipinski definition) is 5. The van der Waals surface area contributed by atoms with Crippen LogP contribution in [0.4, 0.5) is 19.0 Å². The van der Waals surface area contributed by atoms with Crippen LogP contribution in [0.2, 0.25) is 5.02 Å². The van der Waals surface area contributed by atoms with Gasteiger partial charge < -0.3 is 19.7 Å². The predicted molar refractivity (Wildman–Crippen MR) is 117 cm³/mol. The Balaban J connectivity index is 1.73. The van der Waals surface area contributed by atoms with Crippen molar-refractivity contribution in [1.82, 2.24) is 14.7 Å². The summed E-state index contributed by atoms with van der Waals surface area (Å²) in [5.41, 5.74) is 0.415. The Labute approximate surface area is 194 Å². The average molecular weight is 487 g/mol. The maximum Gasteiger partial charge on any atom is 0.410 e. The first kappa shape index (κ1) is 23.5. The van der Waals surface area contributed by atoms with Crippen LogP contribution in [0, 0.1) is 0 Å². The molecule has 2 aromatic rings. The second-order valence-electron chi connectivity index (χ2n) is 8.40. The lowest BCUT2D eigenvalue weighted by atomic mass is 9.96. The fourth-order valence-corrected chi connectivity index (χ4v) is 4.81. The topological polar surface area (TPSA) is 68.6 Å². The lowest BCUT2D eigenvalue weighted by molar-refractivity contribution is -0.173. The first-order valence-corrected chi connectivity index (χ1v) is 11.2. The Morgan fingerprint density at radius 1 is 1.21 bits per heavy atom. The van der Waals surface area contributed by atoms with E-state index in [0.29, 0.717) is 23.6 Å². The minimum atomic E-state index is -4.58. The largest absolute Gasteiger partial charge is 0.493 e. The third-order valence-corrected chi connectivity index (χ3v) is 6.73. The van der Waals surface area contributed by atoms with Gasteiger partial charge in [0.05, 0.1) is 20.3 Å². The van der Waals surface area contributed by atoms with Gasteiger partial charge in [-0.1, -0.05) is 17.7 Å². The highest BCUT2D eigenvalue weighted by molar-refractivity contribution is 6.36. The van der Waals surface area contributed by atoms with Gasteiger partial charge in [-0.2, -0.15) is 18.3 Å². The molecule has 0 unspecified atom stereocenters. The molecule has 1 amide bonds. The lowest BCUT2D eigenvalue weighted by Gasteiger charge is -2.33. The van der Waals surface area contributed by atoms with Crippen LogP contribution < -0.4 is 14.8 Å². The third-order valence-electron chi connectivity index (χ3n) is 6.37. The number of amides is 1. The zero-order chi connectivity index (χ0) is 23.9. The van der Waals surface area contributed by atoms with Crippen molar-refractivity contribution < 1.29 is 27.4 Å². The number of nitrogens with one attached hydrogen (secondary N) is 1. The van der Waals surface area contributed by atoms with Crippen LogP contribution >= 0.6 is 11.6 Å². The number of piperidine rings is 1. The molecule has 3 atom stereocenters. The number of likely N-dealkylation sites (tertiary alicyclic amines) is 1. The van der Waals surface area contributed by atoms with Crippen molar-refractivity contribution in [1.29, 1.82) is 0 Å². The van der Waals surface area contributed by atoms with Crippen molar-refractivity contribution in [3.8, 4) is 11.5 Å². The number of alkyl halides is 3. The quantitative estimate of drug-likeness (QED) is 0.641. The standard InChI is InChI=1S/C22H26ClF3N4O3/c1-12-6-4-5-9-29(12)21(31)19-18(23)20-27-14(11-17(22(24,25)26)30(20)28-19)13-7-8-15(32-2)16(10-13)33-3/h7-8,10,12,14,17,27H,4-6,9,11H2,1-3H3/t12-,14-,17+/m0/s1. The molecule has 1 aromatic heterocycles. The van der Waals surface area contributed by atoms with E-state index in [2.05, 4.69) is 10.4 Å². The summed E-state index contributed by atoms with van der Waals surface area (Å²) < 4.78 is 53.5. The van der Waals surface area contributed by atoms with Gasteiger partial charge in [-0.05, 0) is 43.9 Å². The van der Waals surface area contributed by atoms with Crippen LogP contribution in [0.5, 0.6) is 11.5 Å². The molecule has 2 aliphatic rings. The summed E-state index contributed by atoms with van der Waals surface area (Å²) in [6.45, 7) is 2.45. The number of carbonyl (C=O) groups is 1. The molecule has 11 heteroatoms. The molecule has 1 fully saturated rings. The number of carbonyl (C=O) groups excluding carboxylic acids is 1. The van der Waals surface area contributed by atoms with Crippen molar-refractivity contribution in [3.05, 3.63) is 34.5 Å². The predicted octanol–water partition coefficient (Wildman–Crippen LogP) is 5.23. The zero-order valence-electron chi connectivity index (χ0n) is 18.6. The van der Waals surface area contributed by atoms with Gasteiger partial charge in [0.2, 0.25) is 0 Å². The van der Waals surface area contributed by atoms with E-state index < -0.39 is 24.2 Å². The summed E-state index contributed by atoms with van der Waals surface area (Å²) in [4.78, 5) is 14.8. The van der Waals surface area contributed by atoms with Crippen molar-refractivity contribution in [2.45, 2.75) is 56.9 Å². The van der Waals surface area contributed by atoms with Crippen molar-refractivity contribution in [2.75, 3.05) is 26.1 Å². The van der Waals surface area contributed by atoms with Crippen molar-refractivity contribution in [2.24, 2.45) is 0 Å². The average Bonchev–Trinajstić information content (AvgIpc) is 3.13. The van der Waals surface area contributed by atoms with Gasteiger partial charge in [-0.15, -0.1) is 0 Å². The number of fused-ring (bicyclic) bond motifs is 1. The van der Waals surface area contributed by atoms with Gasteiger partial charge in [-0.25, -0.2) is 4.68 Å². The number of hydrogen-bond donors (Lipinski definition) is 1. The minimum Gasteiger partial charge on any atom is -0.493 e. The van der Waals surface area contributed by atoms with Gasteiger partial charge in [0, 0.05) is 19.0 Å². The van der Waals surface area contributed by atoms with Gasteiger partial charge in [0.25, 0.3) is 5.91 Å². The van der Waals surface area contributed by atoms with Gasteiger partial charge >= 0.3 is 6.18 Å². The summed E-state index contributed by atoms with van der Waals surface area (Å²) in [6, 6.07) is 2.25. The van der Waals surface area contributed by atoms with Crippen LogP contribution in [0.3, 0.4) is 0 Å². The summed E-state index contributed by atoms with van der Waals surface area (Å²) in [7, 11) is 2.94. The minimum absolute atomic E-state index is 0.0157. The molecule has 1 saturated heterocycles. The molecule has 7 nitrogen and oxygen atoms in total. The second kappa shape index (κ2) is 8.96. The Kier molecular flexibility index (Phi) is 6.39. The maximum atomic E-state index is 14.1. The summed E-state index contributed by atoms with van der Waals surface area (Å²) in [5.74, 6) is 0.411. The highest BCUT2D eigenvalue weighted by Gasteiger charge is 2.48. The highest BCUT2D eigenvalue weighted by Crippen LogP contribution is 2.47. The van der Waals surface area contributed by atoms with E-state index in [4.69, 9.17) is 21.1 Å².